The SMILES string of the molecule is C[C@H](NC(=O)[C@H](CC(=O)O)NC(=O)CN)C(=O)N[C@@H](Cc1ccccc1)C(=O)N[C@@H](CC(=O)O)C(=O)NCC(=O)N[C@@H](Cc1ccccc1)C(=O)N[C@@H](CC(=O)O)C(=O)N[C@@H](Cc1ccccc1)C(=O)NCC(=O)N[C@@H](CC(=O)O)C(=O)N[C@@H](CC(=O)O)C(=O)N1CCC[C@H]1C(=O)N[C@@H](CO)C(=O)N[C@@H](CC(=O)O)C(=O)O. The van der Waals surface area contributed by atoms with E-state index in [1.54, 1.807) is 30.3 Å². The van der Waals surface area contributed by atoms with E-state index in [-0.39, 0.29) is 25.8 Å². The highest BCUT2D eigenvalue weighted by molar-refractivity contribution is 6.02. The lowest BCUT2D eigenvalue weighted by Gasteiger charge is -2.30. The Morgan fingerprint density at radius 1 is 0.366 bits per heavy atom. The van der Waals surface area contributed by atoms with Gasteiger partial charge in [-0.15, -0.1) is 0 Å². The number of nitrogens with two attached hydrogens (primary N) is 1. The molecule has 4 rings (SSSR count). The molecular formula is C68H85N15O29. The molecule has 112 heavy (non-hydrogen) atoms. The van der Waals surface area contributed by atoms with Gasteiger partial charge in [0, 0.05) is 25.8 Å². The van der Waals surface area contributed by atoms with Crippen LogP contribution in [0.4, 0.5) is 0 Å². The molecule has 0 aliphatic carbocycles. The van der Waals surface area contributed by atoms with Gasteiger partial charge in [-0.25, -0.2) is 4.79 Å². The molecule has 14 amide bonds. The second-order valence-electron chi connectivity index (χ2n) is 25.0. The summed E-state index contributed by atoms with van der Waals surface area (Å²) in [5.41, 5.74) is 6.35. The quantitative estimate of drug-likeness (QED) is 0.0250. The molecule has 1 aliphatic rings. The van der Waals surface area contributed by atoms with Crippen LogP contribution >= 0.6 is 0 Å². The first-order chi connectivity index (χ1) is 52.9. The van der Waals surface area contributed by atoms with Crippen molar-refractivity contribution in [2.45, 2.75) is 150 Å². The zero-order chi connectivity index (χ0) is 83.5. The minimum absolute atomic E-state index is 0.0416. The average molecular weight is 1580 g/mol. The zero-order valence-corrected chi connectivity index (χ0v) is 59.6. The predicted octanol–water partition coefficient (Wildman–Crippen LogP) is -8.83. The molecule has 1 fully saturated rings. The Bertz CT molecular complexity index is 3970. The normalized spacial score (nSPS) is 15.1. The van der Waals surface area contributed by atoms with Gasteiger partial charge in [-0.2, -0.15) is 0 Å². The van der Waals surface area contributed by atoms with E-state index >= 15 is 0 Å². The van der Waals surface area contributed by atoms with E-state index in [4.69, 9.17) is 10.8 Å². The van der Waals surface area contributed by atoms with Crippen LogP contribution < -0.4 is 74.9 Å². The molecule has 0 spiro atoms. The summed E-state index contributed by atoms with van der Waals surface area (Å²) in [6, 6.07) is 0.756. The summed E-state index contributed by atoms with van der Waals surface area (Å²) in [5.74, 6) is -29.0. The van der Waals surface area contributed by atoms with Crippen molar-refractivity contribution in [2.75, 3.05) is 32.8 Å². The number of aliphatic hydroxyl groups excluding tert-OH is 1. The first-order valence-corrected chi connectivity index (χ1v) is 34.0. The number of hydrogen-bond acceptors (Lipinski definition) is 23. The molecule has 3 aromatic rings. The molecule has 44 nitrogen and oxygen atoms in total. The summed E-state index contributed by atoms with van der Waals surface area (Å²) in [4.78, 5) is 274. The van der Waals surface area contributed by atoms with E-state index in [1.165, 1.54) is 60.7 Å². The number of rotatable bonds is 47. The number of carboxylic acid groups (broad SMARTS) is 7. The molecular weight excluding hydrogens is 1490 g/mol. The monoisotopic (exact) mass is 1580 g/mol. The van der Waals surface area contributed by atoms with Crippen LogP contribution in [0.5, 0.6) is 0 Å². The maximum absolute atomic E-state index is 14.3. The van der Waals surface area contributed by atoms with E-state index in [9.17, 15) is 136 Å². The first kappa shape index (κ1) is 90.8. The van der Waals surface area contributed by atoms with Crippen molar-refractivity contribution < 1.29 is 142 Å². The van der Waals surface area contributed by atoms with E-state index in [2.05, 4.69) is 53.2 Å². The number of aliphatic hydroxyl groups is 1. The van der Waals surface area contributed by atoms with Gasteiger partial charge in [-0.1, -0.05) is 91.0 Å². The first-order valence-electron chi connectivity index (χ1n) is 34.0. The molecule has 3 aromatic carbocycles. The highest BCUT2D eigenvalue weighted by atomic mass is 16.4. The third-order valence-electron chi connectivity index (χ3n) is 16.3. The molecule has 0 radical (unpaired) electrons. The molecule has 1 aliphatic heterocycles. The number of carbonyl (C=O) groups excluding carboxylic acids is 14. The number of nitrogens with one attached hydrogen (secondary N) is 13. The van der Waals surface area contributed by atoms with E-state index < -0.39 is 275 Å². The zero-order valence-electron chi connectivity index (χ0n) is 59.6. The molecule has 0 saturated carbocycles. The van der Waals surface area contributed by atoms with Gasteiger partial charge in [0.1, 0.15) is 72.5 Å². The van der Waals surface area contributed by atoms with Gasteiger partial charge < -0.3 is 121 Å². The lowest BCUT2D eigenvalue weighted by molar-refractivity contribution is -0.148. The number of benzene rings is 3. The Balaban J connectivity index is 1.51. The maximum Gasteiger partial charge on any atom is 0.326 e. The highest BCUT2D eigenvalue weighted by Crippen LogP contribution is 2.21. The minimum Gasteiger partial charge on any atom is -0.481 e. The molecule has 0 aromatic heterocycles. The van der Waals surface area contributed by atoms with E-state index in [0.717, 1.165) is 11.8 Å². The van der Waals surface area contributed by atoms with Crippen molar-refractivity contribution in [2.24, 2.45) is 5.73 Å². The summed E-state index contributed by atoms with van der Waals surface area (Å²) in [5, 5.41) is 105. The van der Waals surface area contributed by atoms with E-state index in [1.807, 2.05) is 16.0 Å². The van der Waals surface area contributed by atoms with Gasteiger partial charge >= 0.3 is 41.8 Å². The average Bonchev–Trinajstić information content (AvgIpc) is 1.26. The minimum atomic E-state index is -2.17. The molecule has 23 N–H and O–H groups in total. The molecule has 0 unspecified atom stereocenters. The second-order valence-corrected chi connectivity index (χ2v) is 25.0. The Labute approximate surface area is 634 Å². The van der Waals surface area contributed by atoms with Gasteiger partial charge in [0.05, 0.1) is 64.8 Å². The highest BCUT2D eigenvalue weighted by Gasteiger charge is 2.42. The van der Waals surface area contributed by atoms with Crippen LogP contribution in [0.1, 0.15) is 75.0 Å². The smallest absolute Gasteiger partial charge is 0.326 e. The standard InChI is InChI=1S/C68H85N15O29/c1-33(72-60(103)41(24-52(90)91)73-48(85)29-69)57(100)76-39(22-36-16-9-4-10-17-36)62(105)78-40(23-51(88)89)59(102)71-30-49(86)74-38(21-35-14-7-3-8-15-35)61(104)79-43(26-54(94)95)64(107)77-37(20-34-12-5-2-6-13-34)58(101)70-31-50(87)75-42(25-53(92)93)63(106)80-44(27-55(96)97)67(110)83-19-11-18-47(83)66(109)82-46(32-84)65(108)81-45(68(111)112)28-56(98)99/h2-10,12-17,33,37-47,84H,11,18-32,69H2,1H3,(H,70,101)(H,71,102)(H,72,103)(H,73,85)(H,74,86)(H,75,87)(H,76,100)(H,77,107)(H,78,105)(H,79,104)(H,80,106)(H,81,108)(H,82,109)(H,88,89)(H,90,91)(H,92,93)(H,94,95)(H,96,97)(H,98,99)(H,111,112)/t33-,37-,38-,39-,40-,41-,42-,43-,44-,45-,46-,47-/m0/s1. The van der Waals surface area contributed by atoms with Crippen LogP contribution in [0, 0.1) is 0 Å². The fourth-order valence-corrected chi connectivity index (χ4v) is 10.8. The maximum atomic E-state index is 14.3. The number of hydrogen-bond donors (Lipinski definition) is 22. The number of amides is 14. The molecule has 1 saturated heterocycles. The van der Waals surface area contributed by atoms with Gasteiger partial charge in [0.2, 0.25) is 82.7 Å². The summed E-state index contributed by atoms with van der Waals surface area (Å²) in [6.45, 7) is -3.16. The van der Waals surface area contributed by atoms with Crippen LogP contribution in [-0.4, -0.2) is 276 Å². The number of likely N-dealkylation sites (tertiary alicyclic amines) is 1. The number of carbonyl (C=O) groups is 21. The molecule has 606 valence electrons. The fraction of sp³-hybridized carbons (Fsp3) is 0.426. The number of carboxylic acids is 7. The molecule has 12 atom stereocenters. The summed E-state index contributed by atoms with van der Waals surface area (Å²) < 4.78 is 0. The van der Waals surface area contributed by atoms with Crippen molar-refractivity contribution in [3.05, 3.63) is 108 Å². The predicted molar refractivity (Wildman–Crippen MR) is 375 cm³/mol. The van der Waals surface area contributed by atoms with Crippen LogP contribution in [0.15, 0.2) is 91.0 Å². The van der Waals surface area contributed by atoms with Crippen LogP contribution in [-0.2, 0) is 120 Å². The largest absolute Gasteiger partial charge is 0.481 e. The number of aliphatic carboxylic acids is 7. The lowest BCUT2D eigenvalue weighted by atomic mass is 10.0. The number of nitrogens with zero attached hydrogens (tertiary/aromatic N) is 1. The Hall–Kier alpha value is -13.5. The van der Waals surface area contributed by atoms with Crippen molar-refractivity contribution in [1.82, 2.24) is 74.0 Å². The van der Waals surface area contributed by atoms with E-state index in [0.29, 0.717) is 16.7 Å². The van der Waals surface area contributed by atoms with Crippen molar-refractivity contribution in [1.29, 1.82) is 0 Å². The second kappa shape index (κ2) is 45.3. The van der Waals surface area contributed by atoms with Gasteiger partial charge in [0.25, 0.3) is 0 Å². The van der Waals surface area contributed by atoms with Crippen LogP contribution in [0.2, 0.25) is 0 Å². The molecule has 0 bridgehead atoms. The van der Waals surface area contributed by atoms with Crippen LogP contribution in [0.25, 0.3) is 0 Å². The molecule has 1 heterocycles. The Morgan fingerprint density at radius 3 is 1.08 bits per heavy atom. The third kappa shape index (κ3) is 31.7. The molecule has 44 heteroatoms. The van der Waals surface area contributed by atoms with Gasteiger partial charge in [-0.3, -0.25) is 95.9 Å². The van der Waals surface area contributed by atoms with Crippen LogP contribution in [0.3, 0.4) is 0 Å². The van der Waals surface area contributed by atoms with Crippen molar-refractivity contribution in [3.8, 4) is 0 Å². The third-order valence-corrected chi connectivity index (χ3v) is 16.3. The summed E-state index contributed by atoms with van der Waals surface area (Å²) in [7, 11) is 0. The van der Waals surface area contributed by atoms with Crippen molar-refractivity contribution >= 4 is 124 Å². The van der Waals surface area contributed by atoms with Gasteiger partial charge in [-0.05, 0) is 36.5 Å². The topological polar surface area (TPSA) is 706 Å². The Kier molecular flexibility index (Phi) is 36.7. The summed E-state index contributed by atoms with van der Waals surface area (Å²) >= 11 is 0. The summed E-state index contributed by atoms with van der Waals surface area (Å²) in [6.07, 6.45) is -8.18. The van der Waals surface area contributed by atoms with Gasteiger partial charge in [0.15, 0.2) is 0 Å². The van der Waals surface area contributed by atoms with Crippen molar-refractivity contribution in [3.63, 3.8) is 0 Å². The Morgan fingerprint density at radius 2 is 0.670 bits per heavy atom. The fourth-order valence-electron chi connectivity index (χ4n) is 10.8. The lowest BCUT2D eigenvalue weighted by Crippen LogP contribution is -2.60.